The second-order valence-electron chi connectivity index (χ2n) is 15.6. The highest BCUT2D eigenvalue weighted by atomic mass is 15.0. The first kappa shape index (κ1) is 35.1. The summed E-state index contributed by atoms with van der Waals surface area (Å²) in [6.07, 6.45) is 0. The molecule has 10 rings (SSSR count). The van der Waals surface area contributed by atoms with Crippen LogP contribution >= 0.6 is 0 Å². The molecule has 0 aliphatic rings. The van der Waals surface area contributed by atoms with Crippen molar-refractivity contribution in [2.75, 3.05) is 0 Å². The van der Waals surface area contributed by atoms with Gasteiger partial charge in [-0.1, -0.05) is 70.8 Å². The van der Waals surface area contributed by atoms with Crippen LogP contribution in [0, 0.1) is 48.1 Å². The van der Waals surface area contributed by atoms with Gasteiger partial charge in [0.1, 0.15) is 11.6 Å². The summed E-state index contributed by atoms with van der Waals surface area (Å²) < 4.78 is 4.84. The molecule has 0 unspecified atom stereocenters. The second kappa shape index (κ2) is 13.4. The van der Waals surface area contributed by atoms with Gasteiger partial charge in [-0.25, -0.2) is 19.8 Å². The summed E-state index contributed by atoms with van der Waals surface area (Å²) in [5, 5.41) is 4.87. The average Bonchev–Trinajstić information content (AvgIpc) is 3.70. The predicted octanol–water partition coefficient (Wildman–Crippen LogP) is 13.5. The summed E-state index contributed by atoms with van der Waals surface area (Å²) in [5.41, 5.74) is 17.1. The fraction of sp³-hybridized carbons (Fsp3) is 0.115. The van der Waals surface area contributed by atoms with Gasteiger partial charge in [-0.2, -0.15) is 0 Å². The summed E-state index contributed by atoms with van der Waals surface area (Å²) in [6, 6.07) is 48.3. The molecular formula is C52H40N6. The first-order valence-corrected chi connectivity index (χ1v) is 19.6. The Bertz CT molecular complexity index is 3230. The van der Waals surface area contributed by atoms with Crippen LogP contribution in [0.5, 0.6) is 0 Å². The van der Waals surface area contributed by atoms with Crippen molar-refractivity contribution in [3.05, 3.63) is 179 Å². The molecule has 0 saturated heterocycles. The maximum atomic E-state index is 7.80. The van der Waals surface area contributed by atoms with Crippen molar-refractivity contribution < 1.29 is 0 Å². The molecule has 58 heavy (non-hydrogen) atoms. The van der Waals surface area contributed by atoms with Crippen LogP contribution in [0.4, 0.5) is 5.69 Å². The molecule has 7 aromatic carbocycles. The maximum Gasteiger partial charge on any atom is 0.187 e. The van der Waals surface area contributed by atoms with E-state index >= 15 is 0 Å². The minimum atomic E-state index is 0.607. The van der Waals surface area contributed by atoms with Crippen molar-refractivity contribution >= 4 is 49.3 Å². The lowest BCUT2D eigenvalue weighted by Gasteiger charge is -2.21. The van der Waals surface area contributed by atoms with Crippen molar-refractivity contribution in [2.45, 2.75) is 41.5 Å². The highest BCUT2D eigenvalue weighted by Crippen LogP contribution is 2.44. The van der Waals surface area contributed by atoms with E-state index in [0.29, 0.717) is 23.2 Å². The van der Waals surface area contributed by atoms with Gasteiger partial charge in [0.15, 0.2) is 11.5 Å². The van der Waals surface area contributed by atoms with Crippen molar-refractivity contribution in [1.29, 1.82) is 0 Å². The molecule has 0 bridgehead atoms. The van der Waals surface area contributed by atoms with Gasteiger partial charge in [-0.3, -0.25) is 0 Å². The Morgan fingerprint density at radius 1 is 0.414 bits per heavy atom. The van der Waals surface area contributed by atoms with Gasteiger partial charge in [0.2, 0.25) is 0 Å². The van der Waals surface area contributed by atoms with Crippen LogP contribution in [-0.4, -0.2) is 24.1 Å². The molecule has 0 radical (unpaired) electrons. The third-order valence-electron chi connectivity index (χ3n) is 11.3. The van der Waals surface area contributed by atoms with E-state index in [2.05, 4.69) is 162 Å². The van der Waals surface area contributed by atoms with Gasteiger partial charge in [-0.15, -0.1) is 0 Å². The molecule has 0 fully saturated rings. The highest BCUT2D eigenvalue weighted by molar-refractivity contribution is 6.12. The Morgan fingerprint density at radius 2 is 0.828 bits per heavy atom. The van der Waals surface area contributed by atoms with Gasteiger partial charge in [-0.05, 0) is 138 Å². The number of rotatable bonds is 5. The number of fused-ring (bicyclic) bond motifs is 6. The lowest BCUT2D eigenvalue weighted by molar-refractivity contribution is 0.928. The minimum Gasteiger partial charge on any atom is -0.309 e. The van der Waals surface area contributed by atoms with Gasteiger partial charge in [0, 0.05) is 38.2 Å². The lowest BCUT2D eigenvalue weighted by atomic mass is 9.94. The van der Waals surface area contributed by atoms with Crippen LogP contribution < -0.4 is 0 Å². The summed E-state index contributed by atoms with van der Waals surface area (Å²) in [7, 11) is 0. The number of aromatic nitrogens is 5. The molecule has 0 aliphatic carbocycles. The topological polar surface area (TPSA) is 52.9 Å². The standard InChI is InChI=1S/C52H40N6/c1-30-11-17-46-40(23-30)41-24-31(2)12-18-47(41)57(46)50-21-15-37(36-9-8-10-39(27-36)53-7)28-44(50)45-29-38(52-55-34(5)54-35(6)56-52)16-22-51(45)58-48-19-13-32(3)25-42(48)43-26-33(4)14-20-49(43)58/h8-29H,1-6H3. The smallest absolute Gasteiger partial charge is 0.187 e. The maximum absolute atomic E-state index is 7.80. The SMILES string of the molecule is [C-]#[N+]c1cccc(-c2ccc(-n3c4ccc(C)cc4c4cc(C)ccc43)c(-c3cc(-c4nc(C)nc(C)n4)ccc3-n3c4ccc(C)cc4c4cc(C)ccc43)c2)c1. The van der Waals surface area contributed by atoms with Crippen molar-refractivity contribution in [3.8, 4) is 45.0 Å². The monoisotopic (exact) mass is 748 g/mol. The molecule has 0 atom stereocenters. The number of hydrogen-bond acceptors (Lipinski definition) is 3. The highest BCUT2D eigenvalue weighted by Gasteiger charge is 2.23. The Labute approximate surface area is 337 Å². The summed E-state index contributed by atoms with van der Waals surface area (Å²) >= 11 is 0. The zero-order valence-electron chi connectivity index (χ0n) is 33.4. The fourth-order valence-corrected chi connectivity index (χ4v) is 8.73. The molecule has 6 heteroatoms. The molecule has 3 aromatic heterocycles. The largest absolute Gasteiger partial charge is 0.309 e. The van der Waals surface area contributed by atoms with E-state index in [1.165, 1.54) is 43.8 Å². The molecule has 0 saturated carbocycles. The second-order valence-corrected chi connectivity index (χ2v) is 15.6. The predicted molar refractivity (Wildman–Crippen MR) is 239 cm³/mol. The van der Waals surface area contributed by atoms with Crippen molar-refractivity contribution in [2.24, 2.45) is 0 Å². The molecule has 0 spiro atoms. The molecule has 278 valence electrons. The third kappa shape index (κ3) is 5.74. The van der Waals surface area contributed by atoms with Gasteiger partial charge in [0.25, 0.3) is 0 Å². The molecule has 0 aliphatic heterocycles. The number of hydrogen-bond donors (Lipinski definition) is 0. The van der Waals surface area contributed by atoms with E-state index in [9.17, 15) is 0 Å². The summed E-state index contributed by atoms with van der Waals surface area (Å²) in [4.78, 5) is 18.0. The van der Waals surface area contributed by atoms with E-state index < -0.39 is 0 Å². The number of nitrogens with zero attached hydrogens (tertiary/aromatic N) is 6. The Morgan fingerprint density at radius 3 is 1.28 bits per heavy atom. The van der Waals surface area contributed by atoms with Crippen LogP contribution in [0.1, 0.15) is 33.9 Å². The van der Waals surface area contributed by atoms with Gasteiger partial charge in [0.05, 0.1) is 40.0 Å². The van der Waals surface area contributed by atoms with Gasteiger partial charge < -0.3 is 9.13 Å². The van der Waals surface area contributed by atoms with E-state index in [0.717, 1.165) is 61.3 Å². The molecule has 6 nitrogen and oxygen atoms in total. The normalized spacial score (nSPS) is 11.6. The van der Waals surface area contributed by atoms with E-state index in [4.69, 9.17) is 16.5 Å². The number of benzene rings is 7. The first-order valence-electron chi connectivity index (χ1n) is 19.6. The van der Waals surface area contributed by atoms with Crippen LogP contribution in [0.15, 0.2) is 133 Å². The van der Waals surface area contributed by atoms with Crippen LogP contribution in [0.3, 0.4) is 0 Å². The van der Waals surface area contributed by atoms with E-state index in [1.54, 1.807) is 0 Å². The minimum absolute atomic E-state index is 0.607. The van der Waals surface area contributed by atoms with Crippen LogP contribution in [0.25, 0.3) is 93.5 Å². The zero-order chi connectivity index (χ0) is 39.8. The van der Waals surface area contributed by atoms with Crippen molar-refractivity contribution in [1.82, 2.24) is 24.1 Å². The zero-order valence-corrected chi connectivity index (χ0v) is 33.4. The summed E-state index contributed by atoms with van der Waals surface area (Å²) in [6.45, 7) is 20.3. The molecular weight excluding hydrogens is 709 g/mol. The Hall–Kier alpha value is -7.36. The molecule has 10 aromatic rings. The van der Waals surface area contributed by atoms with E-state index in [-0.39, 0.29) is 0 Å². The third-order valence-corrected chi connectivity index (χ3v) is 11.3. The van der Waals surface area contributed by atoms with E-state index in [1.807, 2.05) is 32.0 Å². The average molecular weight is 749 g/mol. The summed E-state index contributed by atoms with van der Waals surface area (Å²) in [5.74, 6) is 2.00. The Balaban J connectivity index is 1.37. The Kier molecular flexibility index (Phi) is 8.10. The van der Waals surface area contributed by atoms with Crippen LogP contribution in [0.2, 0.25) is 0 Å². The quantitative estimate of drug-likeness (QED) is 0.165. The van der Waals surface area contributed by atoms with Crippen molar-refractivity contribution in [3.63, 3.8) is 0 Å². The van der Waals surface area contributed by atoms with Crippen LogP contribution in [-0.2, 0) is 0 Å². The molecule has 3 heterocycles. The number of aryl methyl sites for hydroxylation is 6. The molecule has 0 amide bonds. The fourth-order valence-electron chi connectivity index (χ4n) is 8.73. The lowest BCUT2D eigenvalue weighted by Crippen LogP contribution is -2.04. The molecule has 0 N–H and O–H groups in total. The first-order chi connectivity index (χ1) is 28.1. The van der Waals surface area contributed by atoms with Gasteiger partial charge >= 0.3 is 0 Å².